The molecule has 5 nitrogen and oxygen atoms in total. The molecule has 2 aromatic heterocycles. The highest BCUT2D eigenvalue weighted by Gasteiger charge is 2.23. The lowest BCUT2D eigenvalue weighted by Gasteiger charge is -2.27. The van der Waals surface area contributed by atoms with Crippen molar-refractivity contribution >= 4 is 11.5 Å². The molecule has 1 fully saturated rings. The summed E-state index contributed by atoms with van der Waals surface area (Å²) in [7, 11) is 4.40. The van der Waals surface area contributed by atoms with Gasteiger partial charge in [-0.1, -0.05) is 13.8 Å². The molecule has 0 aromatic carbocycles. The molecule has 0 bridgehead atoms. The Morgan fingerprint density at radius 3 is 2.77 bits per heavy atom. The summed E-state index contributed by atoms with van der Waals surface area (Å²) in [6.45, 7) is 8.65. The van der Waals surface area contributed by atoms with Crippen LogP contribution in [0.4, 0.5) is 5.82 Å². The van der Waals surface area contributed by atoms with Gasteiger partial charge in [-0.2, -0.15) is 9.61 Å². The standard InChI is InChI=1S/C17H27N5/c1-12(2)15-10-17(22-16(18-15)9-13(3)19-22)21(5)11-14-7-6-8-20(14)4/h9-10,12,14H,6-8,11H2,1-5H3/t14-/m0/s1. The van der Waals surface area contributed by atoms with E-state index in [4.69, 9.17) is 4.98 Å². The van der Waals surface area contributed by atoms with E-state index in [0.717, 1.165) is 29.4 Å². The molecule has 0 N–H and O–H groups in total. The second kappa shape index (κ2) is 5.88. The summed E-state index contributed by atoms with van der Waals surface area (Å²) in [6, 6.07) is 4.89. The summed E-state index contributed by atoms with van der Waals surface area (Å²) < 4.78 is 1.98. The monoisotopic (exact) mass is 301 g/mol. The third kappa shape index (κ3) is 2.82. The molecule has 1 atom stereocenters. The summed E-state index contributed by atoms with van der Waals surface area (Å²) >= 11 is 0. The molecule has 0 saturated carbocycles. The first-order valence-electron chi connectivity index (χ1n) is 8.24. The predicted octanol–water partition coefficient (Wildman–Crippen LogP) is 2.69. The van der Waals surface area contributed by atoms with Crippen molar-refractivity contribution in [3.05, 3.63) is 23.5 Å². The van der Waals surface area contributed by atoms with Crippen molar-refractivity contribution in [2.45, 2.75) is 45.6 Å². The molecule has 2 aromatic rings. The van der Waals surface area contributed by atoms with Crippen LogP contribution in [0.15, 0.2) is 12.1 Å². The van der Waals surface area contributed by atoms with E-state index in [1.807, 2.05) is 11.4 Å². The maximum absolute atomic E-state index is 4.75. The molecule has 120 valence electrons. The van der Waals surface area contributed by atoms with Crippen molar-refractivity contribution in [3.63, 3.8) is 0 Å². The predicted molar refractivity (Wildman–Crippen MR) is 90.7 cm³/mol. The number of rotatable bonds is 4. The maximum Gasteiger partial charge on any atom is 0.157 e. The van der Waals surface area contributed by atoms with Crippen molar-refractivity contribution in [2.75, 3.05) is 32.1 Å². The highest BCUT2D eigenvalue weighted by molar-refractivity contribution is 5.52. The van der Waals surface area contributed by atoms with Crippen LogP contribution in [0.5, 0.6) is 0 Å². The normalized spacial score (nSPS) is 19.5. The van der Waals surface area contributed by atoms with Gasteiger partial charge < -0.3 is 9.80 Å². The number of aromatic nitrogens is 3. The number of likely N-dealkylation sites (N-methyl/N-ethyl adjacent to an activating group) is 2. The van der Waals surface area contributed by atoms with Gasteiger partial charge in [-0.15, -0.1) is 0 Å². The second-order valence-corrected chi connectivity index (χ2v) is 6.91. The summed E-state index contributed by atoms with van der Waals surface area (Å²) in [6.07, 6.45) is 2.59. The molecular weight excluding hydrogens is 274 g/mol. The first kappa shape index (κ1) is 15.3. The van der Waals surface area contributed by atoms with Gasteiger partial charge in [0.2, 0.25) is 0 Å². The van der Waals surface area contributed by atoms with Crippen molar-refractivity contribution in [1.82, 2.24) is 19.5 Å². The van der Waals surface area contributed by atoms with E-state index in [0.29, 0.717) is 12.0 Å². The van der Waals surface area contributed by atoms with Gasteiger partial charge in [-0.05, 0) is 39.3 Å². The number of likely N-dealkylation sites (tertiary alicyclic amines) is 1. The number of nitrogens with zero attached hydrogens (tertiary/aromatic N) is 5. The van der Waals surface area contributed by atoms with Crippen LogP contribution >= 0.6 is 0 Å². The van der Waals surface area contributed by atoms with Crippen LogP contribution in [0.3, 0.4) is 0 Å². The lowest BCUT2D eigenvalue weighted by molar-refractivity contribution is 0.313. The third-order valence-corrected chi connectivity index (χ3v) is 4.69. The number of hydrogen-bond acceptors (Lipinski definition) is 4. The minimum absolute atomic E-state index is 0.418. The molecule has 22 heavy (non-hydrogen) atoms. The zero-order valence-electron chi connectivity index (χ0n) is 14.4. The number of aryl methyl sites for hydroxylation is 1. The Bertz CT molecular complexity index is 660. The lowest BCUT2D eigenvalue weighted by atomic mass is 10.1. The number of hydrogen-bond donors (Lipinski definition) is 0. The van der Waals surface area contributed by atoms with Crippen molar-refractivity contribution in [2.24, 2.45) is 0 Å². The lowest BCUT2D eigenvalue weighted by Crippen LogP contribution is -2.37. The SMILES string of the molecule is Cc1cc2nc(C(C)C)cc(N(C)C[C@@H]3CCCN3C)n2n1. The smallest absolute Gasteiger partial charge is 0.157 e. The molecule has 3 rings (SSSR count). The zero-order valence-corrected chi connectivity index (χ0v) is 14.4. The van der Waals surface area contributed by atoms with Crippen molar-refractivity contribution in [3.8, 4) is 0 Å². The minimum Gasteiger partial charge on any atom is -0.358 e. The maximum atomic E-state index is 4.75. The van der Waals surface area contributed by atoms with Gasteiger partial charge in [-0.3, -0.25) is 0 Å². The Balaban J connectivity index is 1.96. The average molecular weight is 301 g/mol. The molecule has 0 amide bonds. The first-order chi connectivity index (χ1) is 10.5. The van der Waals surface area contributed by atoms with Gasteiger partial charge in [0.1, 0.15) is 5.82 Å². The molecule has 0 radical (unpaired) electrons. The Kier molecular flexibility index (Phi) is 4.08. The quantitative estimate of drug-likeness (QED) is 0.870. The van der Waals surface area contributed by atoms with E-state index in [-0.39, 0.29) is 0 Å². The average Bonchev–Trinajstić information content (AvgIpc) is 3.02. The van der Waals surface area contributed by atoms with E-state index >= 15 is 0 Å². The van der Waals surface area contributed by atoms with E-state index in [1.54, 1.807) is 0 Å². The minimum atomic E-state index is 0.418. The van der Waals surface area contributed by atoms with E-state index < -0.39 is 0 Å². The van der Waals surface area contributed by atoms with Crippen LogP contribution in [0.2, 0.25) is 0 Å². The largest absolute Gasteiger partial charge is 0.358 e. The summed E-state index contributed by atoms with van der Waals surface area (Å²) in [5.41, 5.74) is 3.10. The van der Waals surface area contributed by atoms with Crippen LogP contribution in [0.25, 0.3) is 5.65 Å². The van der Waals surface area contributed by atoms with Crippen molar-refractivity contribution < 1.29 is 0 Å². The van der Waals surface area contributed by atoms with Gasteiger partial charge in [0.05, 0.1) is 5.69 Å². The fourth-order valence-corrected chi connectivity index (χ4v) is 3.28. The third-order valence-electron chi connectivity index (χ3n) is 4.69. The number of anilines is 1. The van der Waals surface area contributed by atoms with Gasteiger partial charge in [-0.25, -0.2) is 4.98 Å². The van der Waals surface area contributed by atoms with Crippen LogP contribution in [-0.2, 0) is 0 Å². The molecule has 3 heterocycles. The van der Waals surface area contributed by atoms with Crippen LogP contribution in [-0.4, -0.2) is 52.7 Å². The van der Waals surface area contributed by atoms with Crippen LogP contribution < -0.4 is 4.90 Å². The topological polar surface area (TPSA) is 36.7 Å². The molecule has 5 heteroatoms. The highest BCUT2D eigenvalue weighted by atomic mass is 15.4. The molecule has 0 unspecified atom stereocenters. The highest BCUT2D eigenvalue weighted by Crippen LogP contribution is 2.24. The van der Waals surface area contributed by atoms with Gasteiger partial charge in [0, 0.05) is 37.5 Å². The Hall–Kier alpha value is -1.62. The molecule has 1 aliphatic heterocycles. The molecule has 0 aliphatic carbocycles. The molecule has 1 saturated heterocycles. The van der Waals surface area contributed by atoms with E-state index in [1.165, 1.54) is 19.4 Å². The number of fused-ring (bicyclic) bond motifs is 1. The van der Waals surface area contributed by atoms with Gasteiger partial charge in [0.25, 0.3) is 0 Å². The Morgan fingerprint density at radius 1 is 1.36 bits per heavy atom. The van der Waals surface area contributed by atoms with Gasteiger partial charge in [0.15, 0.2) is 5.65 Å². The van der Waals surface area contributed by atoms with E-state index in [9.17, 15) is 0 Å². The van der Waals surface area contributed by atoms with E-state index in [2.05, 4.69) is 55.0 Å². The molecule has 0 spiro atoms. The molecule has 1 aliphatic rings. The fourth-order valence-electron chi connectivity index (χ4n) is 3.28. The Labute approximate surface area is 132 Å². The van der Waals surface area contributed by atoms with Crippen LogP contribution in [0.1, 0.15) is 44.0 Å². The Morgan fingerprint density at radius 2 is 2.14 bits per heavy atom. The summed E-state index contributed by atoms with van der Waals surface area (Å²) in [4.78, 5) is 9.55. The van der Waals surface area contributed by atoms with Crippen molar-refractivity contribution in [1.29, 1.82) is 0 Å². The zero-order chi connectivity index (χ0) is 15.9. The van der Waals surface area contributed by atoms with Gasteiger partial charge >= 0.3 is 0 Å². The summed E-state index contributed by atoms with van der Waals surface area (Å²) in [5, 5.41) is 4.63. The first-order valence-corrected chi connectivity index (χ1v) is 8.24. The van der Waals surface area contributed by atoms with Crippen LogP contribution in [0, 0.1) is 6.92 Å². The fraction of sp³-hybridized carbons (Fsp3) is 0.647. The second-order valence-electron chi connectivity index (χ2n) is 6.91. The summed E-state index contributed by atoms with van der Waals surface area (Å²) in [5.74, 6) is 1.56. The molecular formula is C17H27N5.